The number of carbonyl (C=O) groups excluding carboxylic acids is 1. The van der Waals surface area contributed by atoms with Crippen LogP contribution in [0.4, 0.5) is 0 Å². The Morgan fingerprint density at radius 1 is 1.40 bits per heavy atom. The van der Waals surface area contributed by atoms with Gasteiger partial charge in [0.2, 0.25) is 0 Å². The first-order valence-corrected chi connectivity index (χ1v) is 7.41. The topological polar surface area (TPSA) is 38.1 Å². The molecule has 4 nitrogen and oxygen atoms in total. The molecule has 0 atom stereocenters. The maximum atomic E-state index is 12.3. The van der Waals surface area contributed by atoms with Gasteiger partial charge < -0.3 is 4.90 Å². The van der Waals surface area contributed by atoms with Crippen LogP contribution in [0.1, 0.15) is 23.0 Å². The summed E-state index contributed by atoms with van der Waals surface area (Å²) in [6.45, 7) is 3.28. The van der Waals surface area contributed by atoms with Crippen molar-refractivity contribution in [3.8, 4) is 0 Å². The predicted molar refractivity (Wildman–Crippen MR) is 82.9 cm³/mol. The van der Waals surface area contributed by atoms with Gasteiger partial charge in [-0.3, -0.25) is 9.48 Å². The number of hydrogen-bond donors (Lipinski definition) is 0. The Kier molecular flexibility index (Phi) is 4.83. The molecule has 0 aliphatic carbocycles. The van der Waals surface area contributed by atoms with Gasteiger partial charge in [0, 0.05) is 24.2 Å². The number of benzene rings is 1. The van der Waals surface area contributed by atoms with Gasteiger partial charge in [0.15, 0.2) is 0 Å². The van der Waals surface area contributed by atoms with E-state index in [4.69, 9.17) is 11.6 Å². The van der Waals surface area contributed by atoms with Crippen molar-refractivity contribution in [1.29, 1.82) is 0 Å². The minimum absolute atomic E-state index is 0.0441. The molecule has 106 valence electrons. The molecular weight excluding hydrogens is 342 g/mol. The zero-order valence-electron chi connectivity index (χ0n) is 11.3. The average molecular weight is 357 g/mol. The zero-order valence-corrected chi connectivity index (χ0v) is 13.6. The van der Waals surface area contributed by atoms with Gasteiger partial charge in [-0.2, -0.15) is 5.10 Å². The van der Waals surface area contributed by atoms with Crippen LogP contribution in [0.2, 0.25) is 5.02 Å². The highest BCUT2D eigenvalue weighted by atomic mass is 79.9. The molecule has 0 aliphatic rings. The van der Waals surface area contributed by atoms with Crippen LogP contribution < -0.4 is 0 Å². The molecule has 0 fully saturated rings. The fourth-order valence-corrected chi connectivity index (χ4v) is 2.47. The fourth-order valence-electron chi connectivity index (χ4n) is 1.93. The van der Waals surface area contributed by atoms with Crippen LogP contribution in [0, 0.1) is 0 Å². The van der Waals surface area contributed by atoms with Crippen molar-refractivity contribution in [1.82, 2.24) is 14.7 Å². The molecular formula is C14H15BrClN3O. The van der Waals surface area contributed by atoms with Gasteiger partial charge in [-0.15, -0.1) is 0 Å². The molecule has 1 aromatic carbocycles. The third-order valence-corrected chi connectivity index (χ3v) is 3.94. The van der Waals surface area contributed by atoms with Crippen LogP contribution in [0.3, 0.4) is 0 Å². The van der Waals surface area contributed by atoms with Crippen molar-refractivity contribution in [3.05, 3.63) is 51.2 Å². The van der Waals surface area contributed by atoms with Crippen molar-refractivity contribution < 1.29 is 4.79 Å². The molecule has 0 unspecified atom stereocenters. The first kappa shape index (κ1) is 15.1. The van der Waals surface area contributed by atoms with Crippen LogP contribution in [-0.2, 0) is 13.1 Å². The lowest BCUT2D eigenvalue weighted by Gasteiger charge is -2.18. The number of aryl methyl sites for hydroxylation is 1. The van der Waals surface area contributed by atoms with Gasteiger partial charge in [-0.05, 0) is 47.1 Å². The second-order valence-corrected chi connectivity index (χ2v) is 5.71. The lowest BCUT2D eigenvalue weighted by molar-refractivity contribution is 0.0781. The van der Waals surface area contributed by atoms with E-state index < -0.39 is 0 Å². The number of nitrogens with zero attached hydrogens (tertiary/aromatic N) is 3. The van der Waals surface area contributed by atoms with Crippen LogP contribution in [0.5, 0.6) is 0 Å². The highest BCUT2D eigenvalue weighted by Gasteiger charge is 2.16. The summed E-state index contributed by atoms with van der Waals surface area (Å²) in [5.41, 5.74) is 1.60. The van der Waals surface area contributed by atoms with Crippen molar-refractivity contribution >= 4 is 33.4 Å². The third-order valence-electron chi connectivity index (χ3n) is 3.02. The van der Waals surface area contributed by atoms with Gasteiger partial charge in [0.1, 0.15) is 0 Å². The summed E-state index contributed by atoms with van der Waals surface area (Å²) in [6, 6.07) is 6.89. The van der Waals surface area contributed by atoms with Gasteiger partial charge >= 0.3 is 0 Å². The molecule has 0 radical (unpaired) electrons. The molecule has 0 bridgehead atoms. The zero-order chi connectivity index (χ0) is 14.7. The summed E-state index contributed by atoms with van der Waals surface area (Å²) in [6.07, 6.45) is 1.75. The van der Waals surface area contributed by atoms with Crippen LogP contribution in [0.15, 0.2) is 34.9 Å². The molecule has 0 saturated heterocycles. The molecule has 1 amide bonds. The van der Waals surface area contributed by atoms with E-state index in [9.17, 15) is 4.79 Å². The predicted octanol–water partition coefficient (Wildman–Crippen LogP) is 3.59. The Morgan fingerprint density at radius 3 is 2.65 bits per heavy atom. The fraction of sp³-hybridized carbons (Fsp3) is 0.286. The number of hydrogen-bond acceptors (Lipinski definition) is 2. The van der Waals surface area contributed by atoms with Crippen molar-refractivity contribution in [3.63, 3.8) is 0 Å². The molecule has 6 heteroatoms. The lowest BCUT2D eigenvalue weighted by atomic mass is 10.2. The Hall–Kier alpha value is -1.33. The van der Waals surface area contributed by atoms with E-state index in [1.54, 1.807) is 42.4 Å². The van der Waals surface area contributed by atoms with Gasteiger partial charge in [-0.25, -0.2) is 0 Å². The average Bonchev–Trinajstić information content (AvgIpc) is 2.79. The third kappa shape index (κ3) is 3.22. The molecule has 1 heterocycles. The highest BCUT2D eigenvalue weighted by Crippen LogP contribution is 2.19. The van der Waals surface area contributed by atoms with E-state index in [0.29, 0.717) is 17.1 Å². The number of amides is 1. The SMILES string of the molecule is CCn1ncc(Br)c1CN(C)C(=O)c1ccc(Cl)cc1. The Morgan fingerprint density at radius 2 is 2.05 bits per heavy atom. The van der Waals surface area contributed by atoms with Gasteiger partial charge in [0.05, 0.1) is 22.9 Å². The van der Waals surface area contributed by atoms with Gasteiger partial charge in [0.25, 0.3) is 5.91 Å². The van der Waals surface area contributed by atoms with E-state index in [1.807, 2.05) is 11.6 Å². The van der Waals surface area contributed by atoms with E-state index in [-0.39, 0.29) is 5.91 Å². The van der Waals surface area contributed by atoms with Crippen LogP contribution in [0.25, 0.3) is 0 Å². The minimum atomic E-state index is -0.0441. The van der Waals surface area contributed by atoms with Crippen molar-refractivity contribution in [2.24, 2.45) is 0 Å². The first-order valence-electron chi connectivity index (χ1n) is 6.24. The largest absolute Gasteiger partial charge is 0.336 e. The smallest absolute Gasteiger partial charge is 0.253 e. The molecule has 20 heavy (non-hydrogen) atoms. The minimum Gasteiger partial charge on any atom is -0.336 e. The Balaban J connectivity index is 2.15. The maximum Gasteiger partial charge on any atom is 0.253 e. The molecule has 2 rings (SSSR count). The second-order valence-electron chi connectivity index (χ2n) is 4.42. The van der Waals surface area contributed by atoms with Crippen LogP contribution >= 0.6 is 27.5 Å². The van der Waals surface area contributed by atoms with Gasteiger partial charge in [-0.1, -0.05) is 11.6 Å². The van der Waals surface area contributed by atoms with E-state index in [0.717, 1.165) is 16.7 Å². The molecule has 1 aromatic heterocycles. The lowest BCUT2D eigenvalue weighted by Crippen LogP contribution is -2.27. The normalized spacial score (nSPS) is 10.6. The summed E-state index contributed by atoms with van der Waals surface area (Å²) >= 11 is 9.29. The van der Waals surface area contributed by atoms with Crippen molar-refractivity contribution in [2.45, 2.75) is 20.0 Å². The number of carbonyl (C=O) groups is 1. The first-order chi connectivity index (χ1) is 9.52. The standard InChI is InChI=1S/C14H15BrClN3O/c1-3-19-13(12(15)8-17-19)9-18(2)14(20)10-4-6-11(16)7-5-10/h4-8H,3,9H2,1-2H3. The molecule has 0 N–H and O–H groups in total. The molecule has 0 aliphatic heterocycles. The monoisotopic (exact) mass is 355 g/mol. The summed E-state index contributed by atoms with van der Waals surface area (Å²) in [7, 11) is 1.77. The second kappa shape index (κ2) is 6.41. The quantitative estimate of drug-likeness (QED) is 0.839. The van der Waals surface area contributed by atoms with Crippen LogP contribution in [-0.4, -0.2) is 27.6 Å². The van der Waals surface area contributed by atoms with E-state index in [2.05, 4.69) is 21.0 Å². The molecule has 2 aromatic rings. The summed E-state index contributed by atoms with van der Waals surface area (Å²) < 4.78 is 2.78. The summed E-state index contributed by atoms with van der Waals surface area (Å²) in [4.78, 5) is 14.0. The summed E-state index contributed by atoms with van der Waals surface area (Å²) in [5, 5.41) is 4.87. The Bertz CT molecular complexity index is 609. The Labute approximate surface area is 131 Å². The number of rotatable bonds is 4. The highest BCUT2D eigenvalue weighted by molar-refractivity contribution is 9.10. The van der Waals surface area contributed by atoms with E-state index >= 15 is 0 Å². The maximum absolute atomic E-state index is 12.3. The molecule has 0 spiro atoms. The molecule has 0 saturated carbocycles. The number of halogens is 2. The van der Waals surface area contributed by atoms with Crippen molar-refractivity contribution in [2.75, 3.05) is 7.05 Å². The summed E-state index contributed by atoms with van der Waals surface area (Å²) in [5.74, 6) is -0.0441. The number of aromatic nitrogens is 2. The van der Waals surface area contributed by atoms with E-state index in [1.165, 1.54) is 0 Å².